The summed E-state index contributed by atoms with van der Waals surface area (Å²) in [6.45, 7) is 4.62. The molecule has 0 unspecified atom stereocenters. The number of nitrogens with one attached hydrogen (secondary N) is 1. The van der Waals surface area contributed by atoms with Crippen LogP contribution in [0.2, 0.25) is 0 Å². The predicted molar refractivity (Wildman–Crippen MR) is 116 cm³/mol. The maximum atomic E-state index is 13.0. The smallest absolute Gasteiger partial charge is 0.260 e. The molecule has 0 atom stereocenters. The average molecular weight is 398 g/mol. The van der Waals surface area contributed by atoms with Crippen molar-refractivity contribution in [2.75, 3.05) is 0 Å². The number of hydrogen-bond donors (Lipinski definition) is 1. The van der Waals surface area contributed by atoms with E-state index in [0.29, 0.717) is 35.2 Å². The highest BCUT2D eigenvalue weighted by Gasteiger charge is 2.14. The molecular weight excluding hydrogens is 376 g/mol. The molecule has 0 aliphatic rings. The Bertz CT molecular complexity index is 1260. The van der Waals surface area contributed by atoms with Gasteiger partial charge in [0.25, 0.3) is 11.5 Å². The van der Waals surface area contributed by atoms with E-state index in [1.165, 1.54) is 5.56 Å². The highest BCUT2D eigenvalue weighted by molar-refractivity contribution is 5.98. The first kappa shape index (κ1) is 19.5. The molecule has 4 aromatic rings. The van der Waals surface area contributed by atoms with Crippen molar-refractivity contribution in [3.05, 3.63) is 105 Å². The van der Waals surface area contributed by atoms with Gasteiger partial charge in [-0.1, -0.05) is 35.9 Å². The maximum absolute atomic E-state index is 13.0. The van der Waals surface area contributed by atoms with Crippen LogP contribution in [-0.4, -0.2) is 20.4 Å². The number of benzene rings is 1. The molecule has 0 aliphatic carbocycles. The summed E-state index contributed by atoms with van der Waals surface area (Å²) >= 11 is 0. The Morgan fingerprint density at radius 2 is 1.87 bits per heavy atom. The summed E-state index contributed by atoms with van der Waals surface area (Å²) in [4.78, 5) is 34.3. The third-order valence-electron chi connectivity index (χ3n) is 5.04. The Morgan fingerprint density at radius 1 is 1.07 bits per heavy atom. The van der Waals surface area contributed by atoms with E-state index < -0.39 is 0 Å². The van der Waals surface area contributed by atoms with Gasteiger partial charge < -0.3 is 9.88 Å². The Kier molecular flexibility index (Phi) is 5.39. The Labute approximate surface area is 174 Å². The average Bonchev–Trinajstić information content (AvgIpc) is 2.75. The lowest BCUT2D eigenvalue weighted by atomic mass is 10.1. The Balaban J connectivity index is 1.62. The van der Waals surface area contributed by atoms with Gasteiger partial charge in [-0.25, -0.2) is 0 Å². The zero-order valence-corrected chi connectivity index (χ0v) is 16.9. The molecule has 1 aromatic carbocycles. The van der Waals surface area contributed by atoms with Gasteiger partial charge in [0.15, 0.2) is 0 Å². The number of pyridine rings is 3. The molecule has 0 spiro atoms. The molecular formula is C24H22N4O2. The van der Waals surface area contributed by atoms with E-state index in [1.807, 2.05) is 43.3 Å². The van der Waals surface area contributed by atoms with Crippen molar-refractivity contribution >= 4 is 16.8 Å². The fraction of sp³-hybridized carbons (Fsp3) is 0.167. The highest BCUT2D eigenvalue weighted by atomic mass is 16.1. The van der Waals surface area contributed by atoms with Crippen molar-refractivity contribution in [1.29, 1.82) is 0 Å². The molecule has 0 fully saturated rings. The second-order valence-corrected chi connectivity index (χ2v) is 7.33. The van der Waals surface area contributed by atoms with Gasteiger partial charge in [0.2, 0.25) is 0 Å². The van der Waals surface area contributed by atoms with Crippen LogP contribution in [0.4, 0.5) is 0 Å². The summed E-state index contributed by atoms with van der Waals surface area (Å²) in [7, 11) is 0. The topological polar surface area (TPSA) is 76.9 Å². The first-order chi connectivity index (χ1) is 14.5. The quantitative estimate of drug-likeness (QED) is 0.559. The molecule has 6 nitrogen and oxygen atoms in total. The standard InChI is InChI=1S/C24H22N4O2/c1-16-5-7-18(8-6-16)14-26-23(29)20-12-21-22(27-17(20)2)9-11-28(24(21)30)15-19-4-3-10-25-13-19/h3-13H,14-15H2,1-2H3,(H,26,29). The molecule has 0 saturated heterocycles. The molecule has 1 N–H and O–H groups in total. The fourth-order valence-electron chi connectivity index (χ4n) is 3.33. The van der Waals surface area contributed by atoms with Crippen LogP contribution in [0.15, 0.2) is 71.9 Å². The third kappa shape index (κ3) is 4.12. The van der Waals surface area contributed by atoms with E-state index in [-0.39, 0.29) is 11.5 Å². The van der Waals surface area contributed by atoms with Crippen molar-refractivity contribution in [2.24, 2.45) is 0 Å². The number of amides is 1. The molecule has 0 radical (unpaired) electrons. The van der Waals surface area contributed by atoms with Crippen molar-refractivity contribution in [3.63, 3.8) is 0 Å². The van der Waals surface area contributed by atoms with Gasteiger partial charge in [0.1, 0.15) is 0 Å². The van der Waals surface area contributed by atoms with Gasteiger partial charge >= 0.3 is 0 Å². The largest absolute Gasteiger partial charge is 0.348 e. The fourth-order valence-corrected chi connectivity index (χ4v) is 3.33. The number of aryl methyl sites for hydroxylation is 2. The Morgan fingerprint density at radius 3 is 2.60 bits per heavy atom. The molecule has 3 heterocycles. The van der Waals surface area contributed by atoms with Crippen molar-refractivity contribution in [2.45, 2.75) is 26.9 Å². The summed E-state index contributed by atoms with van der Waals surface area (Å²) in [6.07, 6.45) is 5.15. The van der Waals surface area contributed by atoms with Gasteiger partial charge in [-0.3, -0.25) is 19.6 Å². The molecule has 0 saturated carbocycles. The highest BCUT2D eigenvalue weighted by Crippen LogP contribution is 2.14. The number of hydrogen-bond acceptors (Lipinski definition) is 4. The summed E-state index contributed by atoms with van der Waals surface area (Å²) in [5, 5.41) is 3.34. The molecule has 30 heavy (non-hydrogen) atoms. The lowest BCUT2D eigenvalue weighted by molar-refractivity contribution is 0.0950. The number of carbonyl (C=O) groups is 1. The van der Waals surface area contributed by atoms with E-state index in [1.54, 1.807) is 42.2 Å². The van der Waals surface area contributed by atoms with E-state index in [4.69, 9.17) is 0 Å². The molecule has 4 rings (SSSR count). The van der Waals surface area contributed by atoms with Gasteiger partial charge in [-0.2, -0.15) is 0 Å². The second kappa shape index (κ2) is 8.29. The van der Waals surface area contributed by atoms with E-state index in [9.17, 15) is 9.59 Å². The van der Waals surface area contributed by atoms with E-state index in [2.05, 4.69) is 15.3 Å². The van der Waals surface area contributed by atoms with Crippen LogP contribution in [0.1, 0.15) is 32.7 Å². The number of fused-ring (bicyclic) bond motifs is 1. The van der Waals surface area contributed by atoms with Crippen LogP contribution in [-0.2, 0) is 13.1 Å². The van der Waals surface area contributed by atoms with Gasteiger partial charge in [0, 0.05) is 25.1 Å². The van der Waals surface area contributed by atoms with Gasteiger partial charge in [0.05, 0.1) is 28.7 Å². The monoisotopic (exact) mass is 398 g/mol. The second-order valence-electron chi connectivity index (χ2n) is 7.33. The van der Waals surface area contributed by atoms with Gasteiger partial charge in [-0.05, 0) is 43.2 Å². The maximum Gasteiger partial charge on any atom is 0.260 e. The Hall–Kier alpha value is -3.80. The number of carbonyl (C=O) groups excluding carboxylic acids is 1. The van der Waals surface area contributed by atoms with Crippen molar-refractivity contribution in [1.82, 2.24) is 19.9 Å². The van der Waals surface area contributed by atoms with Crippen molar-refractivity contribution in [3.8, 4) is 0 Å². The summed E-state index contributed by atoms with van der Waals surface area (Å²) in [6, 6.07) is 15.2. The zero-order valence-electron chi connectivity index (χ0n) is 16.9. The zero-order chi connectivity index (χ0) is 21.1. The molecule has 150 valence electrons. The van der Waals surface area contributed by atoms with E-state index >= 15 is 0 Å². The number of aromatic nitrogens is 3. The predicted octanol–water partition coefficient (Wildman–Crippen LogP) is 3.39. The van der Waals surface area contributed by atoms with Crippen LogP contribution < -0.4 is 10.9 Å². The van der Waals surface area contributed by atoms with Gasteiger partial charge in [-0.15, -0.1) is 0 Å². The number of rotatable bonds is 5. The van der Waals surface area contributed by atoms with Crippen LogP contribution in [0.5, 0.6) is 0 Å². The third-order valence-corrected chi connectivity index (χ3v) is 5.04. The summed E-state index contributed by atoms with van der Waals surface area (Å²) in [5.74, 6) is -0.246. The van der Waals surface area contributed by atoms with Crippen LogP contribution in [0.3, 0.4) is 0 Å². The molecule has 0 aliphatic heterocycles. The summed E-state index contributed by atoms with van der Waals surface area (Å²) in [5.41, 5.74) is 4.50. The SMILES string of the molecule is Cc1ccc(CNC(=O)c2cc3c(=O)n(Cc4cccnc4)ccc3nc2C)cc1. The minimum atomic E-state index is -0.246. The first-order valence-corrected chi connectivity index (χ1v) is 9.75. The lowest BCUT2D eigenvalue weighted by Gasteiger charge is -2.11. The lowest BCUT2D eigenvalue weighted by Crippen LogP contribution is -2.25. The van der Waals surface area contributed by atoms with E-state index in [0.717, 1.165) is 11.1 Å². The van der Waals surface area contributed by atoms with Crippen LogP contribution in [0.25, 0.3) is 10.9 Å². The molecule has 0 bridgehead atoms. The summed E-state index contributed by atoms with van der Waals surface area (Å²) < 4.78 is 1.60. The minimum Gasteiger partial charge on any atom is -0.348 e. The van der Waals surface area contributed by atoms with Crippen LogP contribution in [0, 0.1) is 13.8 Å². The van der Waals surface area contributed by atoms with Crippen LogP contribution >= 0.6 is 0 Å². The molecule has 6 heteroatoms. The van der Waals surface area contributed by atoms with Crippen molar-refractivity contribution < 1.29 is 4.79 Å². The number of nitrogens with zero attached hydrogens (tertiary/aromatic N) is 3. The molecule has 3 aromatic heterocycles. The first-order valence-electron chi connectivity index (χ1n) is 9.75. The minimum absolute atomic E-state index is 0.184. The molecule has 1 amide bonds. The normalized spacial score (nSPS) is 10.9.